The number of aryl methyl sites for hydroxylation is 1. The largest absolute Gasteiger partial charge is 0.379 e. The van der Waals surface area contributed by atoms with Gasteiger partial charge in [0.2, 0.25) is 0 Å². The van der Waals surface area contributed by atoms with Gasteiger partial charge in [-0.3, -0.25) is 9.88 Å². The summed E-state index contributed by atoms with van der Waals surface area (Å²) in [5.74, 6) is 0. The van der Waals surface area contributed by atoms with Crippen LogP contribution in [0.25, 0.3) is 0 Å². The minimum atomic E-state index is 0.0574. The molecule has 0 aliphatic carbocycles. The summed E-state index contributed by atoms with van der Waals surface area (Å²) >= 11 is 5.71. The number of rotatable bonds is 5. The minimum Gasteiger partial charge on any atom is -0.379 e. The number of nitrogens with one attached hydrogen (secondary N) is 1. The van der Waals surface area contributed by atoms with Gasteiger partial charge in [0.1, 0.15) is 0 Å². The predicted molar refractivity (Wildman–Crippen MR) is 105 cm³/mol. The number of morpholine rings is 1. The molecule has 7 heteroatoms. The normalized spacial score (nSPS) is 24.0. The van der Waals surface area contributed by atoms with Crippen molar-refractivity contribution in [1.29, 1.82) is 0 Å². The quantitative estimate of drug-likeness (QED) is 0.808. The zero-order chi connectivity index (χ0) is 17.9. The summed E-state index contributed by atoms with van der Waals surface area (Å²) in [7, 11) is 2.09. The molecule has 2 fully saturated rings. The van der Waals surface area contributed by atoms with Crippen molar-refractivity contribution < 1.29 is 4.74 Å². The molecule has 4 heterocycles. The smallest absolute Gasteiger partial charge is 0.170 e. The van der Waals surface area contributed by atoms with E-state index in [0.717, 1.165) is 50.2 Å². The molecule has 0 amide bonds. The summed E-state index contributed by atoms with van der Waals surface area (Å²) in [4.78, 5) is 9.35. The van der Waals surface area contributed by atoms with Crippen LogP contribution in [0, 0.1) is 0 Å². The summed E-state index contributed by atoms with van der Waals surface area (Å²) in [6, 6.07) is 10.5. The third kappa shape index (κ3) is 3.47. The van der Waals surface area contributed by atoms with Gasteiger partial charge in [0, 0.05) is 51.3 Å². The average molecular weight is 372 g/mol. The highest BCUT2D eigenvalue weighted by Gasteiger charge is 2.40. The first kappa shape index (κ1) is 17.5. The second-order valence-electron chi connectivity index (χ2n) is 6.82. The van der Waals surface area contributed by atoms with Crippen LogP contribution >= 0.6 is 12.2 Å². The fraction of sp³-hybridized carbons (Fsp3) is 0.474. The Bertz CT molecular complexity index is 743. The van der Waals surface area contributed by atoms with E-state index in [-0.39, 0.29) is 12.1 Å². The Balaban J connectivity index is 1.59. The van der Waals surface area contributed by atoms with Gasteiger partial charge in [-0.15, -0.1) is 0 Å². The highest BCUT2D eigenvalue weighted by Crippen LogP contribution is 2.38. The molecule has 0 radical (unpaired) electrons. The molecule has 0 bridgehead atoms. The van der Waals surface area contributed by atoms with Gasteiger partial charge in [0.05, 0.1) is 31.0 Å². The van der Waals surface area contributed by atoms with Crippen LogP contribution in [0.15, 0.2) is 42.7 Å². The summed E-state index contributed by atoms with van der Waals surface area (Å²) in [6.07, 6.45) is 3.94. The molecule has 26 heavy (non-hydrogen) atoms. The number of aromatic nitrogens is 2. The van der Waals surface area contributed by atoms with E-state index in [1.807, 2.05) is 18.3 Å². The fourth-order valence-electron chi connectivity index (χ4n) is 3.82. The molecule has 6 nitrogen and oxygen atoms in total. The zero-order valence-electron chi connectivity index (χ0n) is 15.0. The Labute approximate surface area is 159 Å². The maximum atomic E-state index is 5.71. The molecule has 2 aliphatic heterocycles. The van der Waals surface area contributed by atoms with Crippen LogP contribution in [0.4, 0.5) is 0 Å². The number of hydrogen-bond donors (Lipinski definition) is 1. The third-order valence-corrected chi connectivity index (χ3v) is 5.60. The van der Waals surface area contributed by atoms with Gasteiger partial charge in [0.15, 0.2) is 5.11 Å². The number of thiocarbonyl (C=S) groups is 1. The molecule has 2 atom stereocenters. The van der Waals surface area contributed by atoms with Crippen LogP contribution in [0.1, 0.15) is 23.5 Å². The van der Waals surface area contributed by atoms with Gasteiger partial charge in [0.25, 0.3) is 0 Å². The van der Waals surface area contributed by atoms with Gasteiger partial charge in [-0.2, -0.15) is 0 Å². The SMILES string of the molecule is Cn1cccc1[C@H]1[C@H](c2ccccn2)NC(=S)N1CCN1CCOCC1. The van der Waals surface area contributed by atoms with E-state index in [2.05, 4.69) is 56.1 Å². The van der Waals surface area contributed by atoms with Crippen molar-refractivity contribution in [3.05, 3.63) is 54.1 Å². The minimum absolute atomic E-state index is 0.0574. The zero-order valence-corrected chi connectivity index (χ0v) is 15.9. The Hall–Kier alpha value is -1.96. The highest BCUT2D eigenvalue weighted by molar-refractivity contribution is 7.80. The molecule has 2 aromatic heterocycles. The summed E-state index contributed by atoms with van der Waals surface area (Å²) in [6.45, 7) is 5.51. The van der Waals surface area contributed by atoms with Crippen LogP contribution in [-0.4, -0.2) is 63.9 Å². The van der Waals surface area contributed by atoms with Gasteiger partial charge >= 0.3 is 0 Å². The molecule has 0 spiro atoms. The molecule has 4 rings (SSSR count). The van der Waals surface area contributed by atoms with Crippen molar-refractivity contribution in [1.82, 2.24) is 24.7 Å². The molecule has 138 valence electrons. The van der Waals surface area contributed by atoms with Gasteiger partial charge in [-0.05, 0) is 36.5 Å². The Kier molecular flexibility index (Phi) is 5.19. The van der Waals surface area contributed by atoms with E-state index in [1.165, 1.54) is 5.69 Å². The Morgan fingerprint density at radius 2 is 2.04 bits per heavy atom. The molecule has 1 N–H and O–H groups in total. The molecular formula is C19H25N5OS. The average Bonchev–Trinajstić information content (AvgIpc) is 3.24. The van der Waals surface area contributed by atoms with Crippen molar-refractivity contribution in [2.45, 2.75) is 12.1 Å². The molecule has 0 saturated carbocycles. The van der Waals surface area contributed by atoms with E-state index in [1.54, 1.807) is 0 Å². The Morgan fingerprint density at radius 1 is 1.19 bits per heavy atom. The summed E-state index contributed by atoms with van der Waals surface area (Å²) in [5, 5.41) is 4.32. The molecule has 2 saturated heterocycles. The van der Waals surface area contributed by atoms with Crippen LogP contribution in [0.3, 0.4) is 0 Å². The first-order valence-electron chi connectivity index (χ1n) is 9.13. The molecule has 0 aromatic carbocycles. The standard InChI is InChI=1S/C19H25N5OS/c1-22-8-4-6-16(22)18-17(15-5-2-3-7-20-15)21-19(26)24(18)10-9-23-11-13-25-14-12-23/h2-8,17-18H,9-14H2,1H3,(H,21,26)/t17-,18-/m0/s1. The first-order valence-corrected chi connectivity index (χ1v) is 9.54. The van der Waals surface area contributed by atoms with E-state index in [4.69, 9.17) is 17.0 Å². The Morgan fingerprint density at radius 3 is 2.73 bits per heavy atom. The van der Waals surface area contributed by atoms with Gasteiger partial charge < -0.3 is 19.5 Å². The van der Waals surface area contributed by atoms with E-state index < -0.39 is 0 Å². The second kappa shape index (κ2) is 7.73. The van der Waals surface area contributed by atoms with Crippen molar-refractivity contribution in [3.63, 3.8) is 0 Å². The van der Waals surface area contributed by atoms with Crippen LogP contribution in [-0.2, 0) is 11.8 Å². The lowest BCUT2D eigenvalue weighted by Gasteiger charge is -2.32. The van der Waals surface area contributed by atoms with Crippen molar-refractivity contribution in [2.75, 3.05) is 39.4 Å². The maximum Gasteiger partial charge on any atom is 0.170 e. The summed E-state index contributed by atoms with van der Waals surface area (Å²) < 4.78 is 7.64. The molecule has 2 aliphatic rings. The second-order valence-corrected chi connectivity index (χ2v) is 7.20. The highest BCUT2D eigenvalue weighted by atomic mass is 32.1. The maximum absolute atomic E-state index is 5.71. The van der Waals surface area contributed by atoms with Crippen LogP contribution in [0.2, 0.25) is 0 Å². The summed E-state index contributed by atoms with van der Waals surface area (Å²) in [5.41, 5.74) is 2.27. The molecule has 2 aromatic rings. The molecular weight excluding hydrogens is 346 g/mol. The van der Waals surface area contributed by atoms with Crippen molar-refractivity contribution in [3.8, 4) is 0 Å². The number of ether oxygens (including phenoxy) is 1. The van der Waals surface area contributed by atoms with E-state index >= 15 is 0 Å². The van der Waals surface area contributed by atoms with Crippen molar-refractivity contribution in [2.24, 2.45) is 7.05 Å². The van der Waals surface area contributed by atoms with E-state index in [9.17, 15) is 0 Å². The van der Waals surface area contributed by atoms with Crippen molar-refractivity contribution >= 4 is 17.3 Å². The lowest BCUT2D eigenvalue weighted by Crippen LogP contribution is -2.42. The van der Waals surface area contributed by atoms with Gasteiger partial charge in [-0.25, -0.2) is 0 Å². The number of hydrogen-bond acceptors (Lipinski definition) is 4. The fourth-order valence-corrected chi connectivity index (χ4v) is 4.16. The third-order valence-electron chi connectivity index (χ3n) is 5.25. The number of nitrogens with zero attached hydrogens (tertiary/aromatic N) is 4. The first-order chi connectivity index (χ1) is 12.7. The topological polar surface area (TPSA) is 45.6 Å². The van der Waals surface area contributed by atoms with Crippen LogP contribution < -0.4 is 5.32 Å². The lowest BCUT2D eigenvalue weighted by atomic mass is 10.0. The predicted octanol–water partition coefficient (Wildman–Crippen LogP) is 1.72. The lowest BCUT2D eigenvalue weighted by molar-refractivity contribution is 0.0349. The van der Waals surface area contributed by atoms with E-state index in [0.29, 0.717) is 0 Å². The monoisotopic (exact) mass is 371 g/mol. The number of pyridine rings is 1. The molecule has 0 unspecified atom stereocenters. The van der Waals surface area contributed by atoms with Gasteiger partial charge in [-0.1, -0.05) is 6.07 Å². The van der Waals surface area contributed by atoms with Crippen LogP contribution in [0.5, 0.6) is 0 Å².